The largest absolute Gasteiger partial charge is 0.494 e. The average Bonchev–Trinajstić information content (AvgIpc) is 2.62. The molecule has 0 amide bonds. The second kappa shape index (κ2) is 9.82. The molecule has 0 unspecified atom stereocenters. The smallest absolute Gasteiger partial charge is 0.276 e. The molecular formula is C18H20Cl2N2O4S. The first kappa shape index (κ1) is 21.3. The summed E-state index contributed by atoms with van der Waals surface area (Å²) in [5.41, 5.74) is 0.531. The topological polar surface area (TPSA) is 77.0 Å². The lowest BCUT2D eigenvalue weighted by molar-refractivity contribution is 0.318. The zero-order valence-corrected chi connectivity index (χ0v) is 17.2. The molecule has 146 valence electrons. The maximum Gasteiger partial charge on any atom is 0.276 e. The van der Waals surface area contributed by atoms with Crippen LogP contribution in [0.1, 0.15) is 25.8 Å². The molecule has 0 saturated heterocycles. The van der Waals surface area contributed by atoms with Crippen molar-refractivity contribution in [1.29, 1.82) is 0 Å². The first-order valence-corrected chi connectivity index (χ1v) is 10.5. The molecule has 0 fully saturated rings. The molecule has 0 aliphatic rings. The Labute approximate surface area is 169 Å². The van der Waals surface area contributed by atoms with Crippen LogP contribution in [-0.4, -0.2) is 27.8 Å². The van der Waals surface area contributed by atoms with Crippen molar-refractivity contribution in [2.24, 2.45) is 5.10 Å². The van der Waals surface area contributed by atoms with E-state index in [0.29, 0.717) is 40.3 Å². The van der Waals surface area contributed by atoms with Crippen molar-refractivity contribution >= 4 is 39.4 Å². The normalized spacial score (nSPS) is 11.6. The highest BCUT2D eigenvalue weighted by Crippen LogP contribution is 2.33. The van der Waals surface area contributed by atoms with Crippen molar-refractivity contribution < 1.29 is 17.9 Å². The molecule has 1 N–H and O–H groups in total. The van der Waals surface area contributed by atoms with Crippen molar-refractivity contribution in [3.63, 3.8) is 0 Å². The number of rotatable bonds is 9. The Morgan fingerprint density at radius 2 is 1.70 bits per heavy atom. The Kier molecular flexibility index (Phi) is 7.77. The quantitative estimate of drug-likeness (QED) is 0.469. The maximum absolute atomic E-state index is 12.3. The van der Waals surface area contributed by atoms with Gasteiger partial charge < -0.3 is 9.47 Å². The fourth-order valence-corrected chi connectivity index (χ4v) is 3.51. The van der Waals surface area contributed by atoms with Gasteiger partial charge in [-0.1, -0.05) is 30.1 Å². The first-order valence-electron chi connectivity index (χ1n) is 8.27. The third-order valence-corrected chi connectivity index (χ3v) is 5.10. The highest BCUT2D eigenvalue weighted by Gasteiger charge is 2.13. The van der Waals surface area contributed by atoms with Gasteiger partial charge in [-0.2, -0.15) is 13.5 Å². The van der Waals surface area contributed by atoms with Gasteiger partial charge >= 0.3 is 0 Å². The minimum atomic E-state index is -3.80. The molecule has 9 heteroatoms. The number of benzene rings is 2. The molecule has 6 nitrogen and oxygen atoms in total. The summed E-state index contributed by atoms with van der Waals surface area (Å²) in [5.74, 6) is 0.988. The Balaban J connectivity index is 2.09. The van der Waals surface area contributed by atoms with Crippen LogP contribution in [0.3, 0.4) is 0 Å². The fourth-order valence-electron chi connectivity index (χ4n) is 2.10. The van der Waals surface area contributed by atoms with Crippen molar-refractivity contribution in [1.82, 2.24) is 4.83 Å². The van der Waals surface area contributed by atoms with Crippen molar-refractivity contribution in [2.75, 3.05) is 13.2 Å². The zero-order valence-electron chi connectivity index (χ0n) is 14.9. The second-order valence-electron chi connectivity index (χ2n) is 5.42. The summed E-state index contributed by atoms with van der Waals surface area (Å²) in [4.78, 5) is 2.22. The lowest BCUT2D eigenvalue weighted by Crippen LogP contribution is -2.18. The van der Waals surface area contributed by atoms with Crippen LogP contribution in [0.4, 0.5) is 0 Å². The summed E-state index contributed by atoms with van der Waals surface area (Å²) >= 11 is 12.3. The summed E-state index contributed by atoms with van der Waals surface area (Å²) in [7, 11) is -3.80. The SMILES string of the molecule is CCCOc1c(Cl)cc(/C=N/NS(=O)(=O)c2ccc(OCC)cc2)cc1Cl. The number of hydrogen-bond donors (Lipinski definition) is 1. The van der Waals surface area contributed by atoms with Gasteiger partial charge in [0.25, 0.3) is 10.0 Å². The molecular weight excluding hydrogens is 411 g/mol. The third-order valence-electron chi connectivity index (χ3n) is 3.30. The summed E-state index contributed by atoms with van der Waals surface area (Å²) in [6.07, 6.45) is 2.14. The van der Waals surface area contributed by atoms with Crippen molar-refractivity contribution in [2.45, 2.75) is 25.2 Å². The summed E-state index contributed by atoms with van der Waals surface area (Å²) < 4.78 is 35.3. The molecule has 0 heterocycles. The molecule has 2 aromatic carbocycles. The van der Waals surface area contributed by atoms with E-state index in [1.807, 2.05) is 13.8 Å². The molecule has 0 bridgehead atoms. The van der Waals surface area contributed by atoms with Gasteiger partial charge in [0.15, 0.2) is 5.75 Å². The van der Waals surface area contributed by atoms with Crippen LogP contribution in [0.25, 0.3) is 0 Å². The average molecular weight is 431 g/mol. The molecule has 0 atom stereocenters. The summed E-state index contributed by atoms with van der Waals surface area (Å²) in [5, 5.41) is 4.42. The predicted octanol–water partition coefficient (Wildman–Crippen LogP) is 4.49. The Bertz CT molecular complexity index is 877. The van der Waals surface area contributed by atoms with Gasteiger partial charge in [-0.15, -0.1) is 0 Å². The van der Waals surface area contributed by atoms with E-state index in [1.165, 1.54) is 18.3 Å². The number of hydrazone groups is 1. The minimum absolute atomic E-state index is 0.0717. The number of ether oxygens (including phenoxy) is 2. The van der Waals surface area contributed by atoms with Gasteiger partial charge in [0.05, 0.1) is 34.4 Å². The summed E-state index contributed by atoms with van der Waals surface area (Å²) in [6, 6.07) is 9.22. The van der Waals surface area contributed by atoms with E-state index in [0.717, 1.165) is 6.42 Å². The second-order valence-corrected chi connectivity index (χ2v) is 7.89. The Hall–Kier alpha value is -1.96. The van der Waals surface area contributed by atoms with Crippen LogP contribution >= 0.6 is 23.2 Å². The van der Waals surface area contributed by atoms with Gasteiger partial charge in [-0.05, 0) is 55.3 Å². The molecule has 2 aromatic rings. The van der Waals surface area contributed by atoms with Crippen LogP contribution in [0.15, 0.2) is 46.4 Å². The van der Waals surface area contributed by atoms with Crippen molar-refractivity contribution in [3.05, 3.63) is 52.0 Å². The van der Waals surface area contributed by atoms with Crippen LogP contribution < -0.4 is 14.3 Å². The number of halogens is 2. The van der Waals surface area contributed by atoms with E-state index in [-0.39, 0.29) is 4.90 Å². The van der Waals surface area contributed by atoms with Crippen LogP contribution in [0.2, 0.25) is 10.0 Å². The molecule has 0 spiro atoms. The zero-order chi connectivity index (χ0) is 19.9. The fraction of sp³-hybridized carbons (Fsp3) is 0.278. The van der Waals surface area contributed by atoms with E-state index in [4.69, 9.17) is 32.7 Å². The van der Waals surface area contributed by atoms with E-state index >= 15 is 0 Å². The highest BCUT2D eigenvalue weighted by atomic mass is 35.5. The predicted molar refractivity (Wildman–Crippen MR) is 108 cm³/mol. The van der Waals surface area contributed by atoms with Crippen molar-refractivity contribution in [3.8, 4) is 11.5 Å². The van der Waals surface area contributed by atoms with Crippen LogP contribution in [-0.2, 0) is 10.0 Å². The van der Waals surface area contributed by atoms with Gasteiger partial charge in [-0.3, -0.25) is 0 Å². The molecule has 0 radical (unpaired) electrons. The highest BCUT2D eigenvalue weighted by molar-refractivity contribution is 7.89. The Morgan fingerprint density at radius 3 is 2.26 bits per heavy atom. The standard InChI is InChI=1S/C18H20Cl2N2O4S/c1-3-9-26-18-16(19)10-13(11-17(18)20)12-21-22-27(23,24)15-7-5-14(6-8-15)25-4-2/h5-8,10-12,22H,3-4,9H2,1-2H3/b21-12+. The van der Waals surface area contributed by atoms with Gasteiger partial charge in [-0.25, -0.2) is 4.83 Å². The number of nitrogens with zero attached hydrogens (tertiary/aromatic N) is 1. The first-order chi connectivity index (χ1) is 12.9. The van der Waals surface area contributed by atoms with Crippen LogP contribution in [0, 0.1) is 0 Å². The molecule has 0 aliphatic heterocycles. The third kappa shape index (κ3) is 6.02. The monoisotopic (exact) mass is 430 g/mol. The van der Waals surface area contributed by atoms with Crippen LogP contribution in [0.5, 0.6) is 11.5 Å². The van der Waals surface area contributed by atoms with E-state index in [1.54, 1.807) is 24.3 Å². The number of nitrogens with one attached hydrogen (secondary N) is 1. The van der Waals surface area contributed by atoms with Gasteiger partial charge in [0.1, 0.15) is 5.75 Å². The van der Waals surface area contributed by atoms with Gasteiger partial charge in [0, 0.05) is 0 Å². The minimum Gasteiger partial charge on any atom is -0.494 e. The molecule has 2 rings (SSSR count). The lowest BCUT2D eigenvalue weighted by atomic mass is 10.2. The van der Waals surface area contributed by atoms with E-state index in [9.17, 15) is 8.42 Å². The molecule has 0 saturated carbocycles. The Morgan fingerprint density at radius 1 is 1.07 bits per heavy atom. The van der Waals surface area contributed by atoms with Gasteiger partial charge in [0.2, 0.25) is 0 Å². The summed E-state index contributed by atoms with van der Waals surface area (Å²) in [6.45, 7) is 4.82. The van der Waals surface area contributed by atoms with E-state index in [2.05, 4.69) is 9.93 Å². The number of hydrogen-bond acceptors (Lipinski definition) is 5. The molecule has 0 aliphatic carbocycles. The lowest BCUT2D eigenvalue weighted by Gasteiger charge is -2.09. The molecule has 27 heavy (non-hydrogen) atoms. The van der Waals surface area contributed by atoms with E-state index < -0.39 is 10.0 Å². The molecule has 0 aromatic heterocycles. The maximum atomic E-state index is 12.3. The number of sulfonamides is 1.